The molecule has 0 radical (unpaired) electrons. The largest absolute Gasteiger partial charge is 0.383 e. The molecule has 1 saturated carbocycles. The van der Waals surface area contributed by atoms with Crippen LogP contribution in [0.25, 0.3) is 0 Å². The Morgan fingerprint density at radius 3 is 2.24 bits per heavy atom. The van der Waals surface area contributed by atoms with Crippen molar-refractivity contribution in [3.05, 3.63) is 83.4 Å². The molecule has 2 N–H and O–H groups in total. The van der Waals surface area contributed by atoms with Crippen LogP contribution in [0, 0.1) is 11.8 Å². The zero-order chi connectivity index (χ0) is 22.8. The van der Waals surface area contributed by atoms with Gasteiger partial charge in [-0.3, -0.25) is 0 Å². The number of rotatable bonds is 8. The van der Waals surface area contributed by atoms with Crippen molar-refractivity contribution in [3.8, 4) is 0 Å². The average Bonchev–Trinajstić information content (AvgIpc) is 3.18. The number of benzene rings is 2. The van der Waals surface area contributed by atoms with Crippen molar-refractivity contribution in [1.29, 1.82) is 0 Å². The van der Waals surface area contributed by atoms with Crippen LogP contribution in [0.5, 0.6) is 0 Å². The predicted molar refractivity (Wildman–Crippen MR) is 125 cm³/mol. The second-order valence-corrected chi connectivity index (χ2v) is 9.57. The molecule has 5 rings (SSSR count). The van der Waals surface area contributed by atoms with Crippen molar-refractivity contribution in [1.82, 2.24) is 0 Å². The van der Waals surface area contributed by atoms with Crippen LogP contribution in [-0.2, 0) is 27.4 Å². The molecule has 2 aliphatic carbocycles. The van der Waals surface area contributed by atoms with Crippen LogP contribution in [0.3, 0.4) is 0 Å². The maximum absolute atomic E-state index is 12.2. The van der Waals surface area contributed by atoms with Crippen LogP contribution in [0.4, 0.5) is 0 Å². The van der Waals surface area contributed by atoms with Gasteiger partial charge in [0.1, 0.15) is 17.8 Å². The molecule has 1 aliphatic heterocycles. The van der Waals surface area contributed by atoms with Gasteiger partial charge in [-0.25, -0.2) is 0 Å². The fraction of sp³-hybridized carbons (Fsp3) is 0.500. The van der Waals surface area contributed by atoms with Crippen molar-refractivity contribution in [2.24, 2.45) is 11.8 Å². The smallest absolute Gasteiger partial charge is 0.158 e. The van der Waals surface area contributed by atoms with Crippen LogP contribution in [-0.4, -0.2) is 40.4 Å². The van der Waals surface area contributed by atoms with Gasteiger partial charge < -0.3 is 24.4 Å². The summed E-state index contributed by atoms with van der Waals surface area (Å²) in [6.07, 6.45) is 2.96. The van der Waals surface area contributed by atoms with Crippen molar-refractivity contribution >= 4 is 0 Å². The van der Waals surface area contributed by atoms with E-state index in [1.807, 2.05) is 60.7 Å². The molecule has 0 amide bonds. The molecule has 1 saturated heterocycles. The average molecular weight is 451 g/mol. The molecular formula is C28H34O5. The standard InChI is InChI=1S/C28H34O5/c1-2-16-28(30)22-15-9-14-21-23(22)24(33-27(21)29)25(31-17-19-10-5-3-6-11-19)26(28)32-18-20-12-7-4-8-13-20/h3-8,10-13,15,21,23-27,29-30H,2,9,14,16-18H2,1H3/t21-,23-,24-,25+,26-,27?,28+/m1/s1. The maximum atomic E-state index is 12.2. The summed E-state index contributed by atoms with van der Waals surface area (Å²) in [5.41, 5.74) is 1.92. The first-order chi connectivity index (χ1) is 16.1. The molecule has 176 valence electrons. The molecule has 1 unspecified atom stereocenters. The van der Waals surface area contributed by atoms with E-state index in [4.69, 9.17) is 14.2 Å². The molecule has 7 atom stereocenters. The Morgan fingerprint density at radius 1 is 0.970 bits per heavy atom. The fourth-order valence-electron chi connectivity index (χ4n) is 6.03. The van der Waals surface area contributed by atoms with E-state index in [-0.39, 0.29) is 17.9 Å². The molecule has 0 spiro atoms. The molecule has 0 aromatic heterocycles. The Labute approximate surface area is 196 Å². The lowest BCUT2D eigenvalue weighted by Crippen LogP contribution is -2.64. The van der Waals surface area contributed by atoms with Gasteiger partial charge in [-0.2, -0.15) is 0 Å². The van der Waals surface area contributed by atoms with Crippen LogP contribution in [0.2, 0.25) is 0 Å². The Kier molecular flexibility index (Phi) is 6.68. The van der Waals surface area contributed by atoms with E-state index in [1.54, 1.807) is 0 Å². The third-order valence-corrected chi connectivity index (χ3v) is 7.48. The zero-order valence-electron chi connectivity index (χ0n) is 19.2. The minimum absolute atomic E-state index is 0.0173. The minimum atomic E-state index is -1.15. The molecule has 2 aromatic rings. The van der Waals surface area contributed by atoms with Crippen LogP contribution in [0.15, 0.2) is 72.3 Å². The van der Waals surface area contributed by atoms with Crippen molar-refractivity contribution in [3.63, 3.8) is 0 Å². The first-order valence-corrected chi connectivity index (χ1v) is 12.2. The highest BCUT2D eigenvalue weighted by atomic mass is 16.6. The second kappa shape index (κ2) is 9.69. The minimum Gasteiger partial charge on any atom is -0.383 e. The Morgan fingerprint density at radius 2 is 1.61 bits per heavy atom. The highest BCUT2D eigenvalue weighted by Crippen LogP contribution is 2.54. The van der Waals surface area contributed by atoms with Crippen LogP contribution < -0.4 is 0 Å². The van der Waals surface area contributed by atoms with Crippen LogP contribution in [0.1, 0.15) is 43.7 Å². The van der Waals surface area contributed by atoms with Crippen molar-refractivity contribution in [2.75, 3.05) is 0 Å². The number of hydrogen-bond donors (Lipinski definition) is 2. The van der Waals surface area contributed by atoms with Crippen LogP contribution >= 0.6 is 0 Å². The lowest BCUT2D eigenvalue weighted by molar-refractivity contribution is -0.229. The van der Waals surface area contributed by atoms with Gasteiger partial charge in [0.2, 0.25) is 0 Å². The van der Waals surface area contributed by atoms with E-state index in [0.29, 0.717) is 19.6 Å². The summed E-state index contributed by atoms with van der Waals surface area (Å²) in [4.78, 5) is 0. The van der Waals surface area contributed by atoms with Gasteiger partial charge >= 0.3 is 0 Å². The Bertz CT molecular complexity index is 945. The number of ether oxygens (including phenoxy) is 3. The summed E-state index contributed by atoms with van der Waals surface area (Å²) in [6, 6.07) is 20.0. The maximum Gasteiger partial charge on any atom is 0.158 e. The van der Waals surface area contributed by atoms with Gasteiger partial charge in [-0.15, -0.1) is 0 Å². The monoisotopic (exact) mass is 450 g/mol. The molecule has 5 heteroatoms. The molecule has 0 bridgehead atoms. The molecular weight excluding hydrogens is 416 g/mol. The number of hydrogen-bond acceptors (Lipinski definition) is 5. The number of aliphatic hydroxyl groups is 2. The topological polar surface area (TPSA) is 68.2 Å². The molecule has 33 heavy (non-hydrogen) atoms. The molecule has 5 nitrogen and oxygen atoms in total. The van der Waals surface area contributed by atoms with Gasteiger partial charge in [0.25, 0.3) is 0 Å². The van der Waals surface area contributed by atoms with E-state index in [1.165, 1.54) is 0 Å². The van der Waals surface area contributed by atoms with E-state index < -0.39 is 24.1 Å². The number of allylic oxidation sites excluding steroid dienone is 1. The summed E-state index contributed by atoms with van der Waals surface area (Å²) in [6.45, 7) is 2.85. The van der Waals surface area contributed by atoms with E-state index in [0.717, 1.165) is 36.0 Å². The molecule has 3 aliphatic rings. The highest BCUT2D eigenvalue weighted by Gasteiger charge is 2.63. The normalized spacial score (nSPS) is 35.2. The fourth-order valence-corrected chi connectivity index (χ4v) is 6.03. The van der Waals surface area contributed by atoms with Gasteiger partial charge in [0.05, 0.1) is 19.3 Å². The van der Waals surface area contributed by atoms with Crippen molar-refractivity contribution < 1.29 is 24.4 Å². The SMILES string of the molecule is CCC[C@]1(O)C2=CCC[C@H]3C(O)O[C@@H]([C@H](OCc4ccccc4)[C@H]1OCc1ccccc1)[C@@H]23. The Hall–Kier alpha value is -2.02. The summed E-state index contributed by atoms with van der Waals surface area (Å²) in [7, 11) is 0. The number of aliphatic hydroxyl groups excluding tert-OH is 1. The Balaban J connectivity index is 1.50. The zero-order valence-corrected chi connectivity index (χ0v) is 19.2. The van der Waals surface area contributed by atoms with Gasteiger partial charge in [0, 0.05) is 11.8 Å². The van der Waals surface area contributed by atoms with Gasteiger partial charge in [0.15, 0.2) is 6.29 Å². The summed E-state index contributed by atoms with van der Waals surface area (Å²) >= 11 is 0. The lowest BCUT2D eigenvalue weighted by Gasteiger charge is -2.52. The predicted octanol–water partition coefficient (Wildman–Crippen LogP) is 4.37. The summed E-state index contributed by atoms with van der Waals surface area (Å²) in [5.74, 6) is -0.0704. The molecule has 1 heterocycles. The third-order valence-electron chi connectivity index (χ3n) is 7.48. The van der Waals surface area contributed by atoms with Gasteiger partial charge in [-0.05, 0) is 36.0 Å². The van der Waals surface area contributed by atoms with Gasteiger partial charge in [-0.1, -0.05) is 80.1 Å². The quantitative estimate of drug-likeness (QED) is 0.585. The first kappa shape index (κ1) is 22.8. The van der Waals surface area contributed by atoms with E-state index in [9.17, 15) is 10.2 Å². The third kappa shape index (κ3) is 4.29. The highest BCUT2D eigenvalue weighted by molar-refractivity contribution is 5.34. The van der Waals surface area contributed by atoms with E-state index >= 15 is 0 Å². The molecule has 2 fully saturated rings. The molecule has 2 aromatic carbocycles. The van der Waals surface area contributed by atoms with E-state index in [2.05, 4.69) is 13.0 Å². The first-order valence-electron chi connectivity index (χ1n) is 12.2. The summed E-state index contributed by atoms with van der Waals surface area (Å²) < 4.78 is 19.1. The lowest BCUT2D eigenvalue weighted by atomic mass is 9.61. The second-order valence-electron chi connectivity index (χ2n) is 9.57. The van der Waals surface area contributed by atoms with Crippen molar-refractivity contribution in [2.45, 2.75) is 76.0 Å². The summed E-state index contributed by atoms with van der Waals surface area (Å²) in [5, 5.41) is 23.0.